The lowest BCUT2D eigenvalue weighted by Crippen LogP contribution is -2.49. The molecule has 6 nitrogen and oxygen atoms in total. The third-order valence-electron chi connectivity index (χ3n) is 4.47. The molecule has 1 atom stereocenters. The highest BCUT2D eigenvalue weighted by Crippen LogP contribution is 2.24. The van der Waals surface area contributed by atoms with Gasteiger partial charge in [0.2, 0.25) is 5.89 Å². The lowest BCUT2D eigenvalue weighted by molar-refractivity contribution is 0.0552. The van der Waals surface area contributed by atoms with E-state index in [-0.39, 0.29) is 11.9 Å². The van der Waals surface area contributed by atoms with E-state index in [2.05, 4.69) is 15.0 Å². The van der Waals surface area contributed by atoms with E-state index in [1.54, 1.807) is 18.2 Å². The quantitative estimate of drug-likeness (QED) is 0.809. The Morgan fingerprint density at radius 1 is 1.28 bits per heavy atom. The third kappa shape index (κ3) is 3.97. The van der Waals surface area contributed by atoms with E-state index >= 15 is 0 Å². The van der Waals surface area contributed by atoms with Crippen LogP contribution in [0.15, 0.2) is 22.7 Å². The molecule has 3 rings (SSSR count). The topological polar surface area (TPSA) is 62.5 Å². The summed E-state index contributed by atoms with van der Waals surface area (Å²) in [4.78, 5) is 21.1. The minimum atomic E-state index is -0.0694. The Hall–Kier alpha value is -1.63. The Kier molecular flexibility index (Phi) is 5.61. The van der Waals surface area contributed by atoms with Crippen LogP contribution in [0.2, 0.25) is 10.0 Å². The molecule has 1 aromatic heterocycles. The summed E-state index contributed by atoms with van der Waals surface area (Å²) in [6.45, 7) is 6.75. The van der Waals surface area contributed by atoms with Crippen LogP contribution in [-0.2, 0) is 6.42 Å². The van der Waals surface area contributed by atoms with Gasteiger partial charge >= 0.3 is 0 Å². The van der Waals surface area contributed by atoms with E-state index in [0.717, 1.165) is 19.5 Å². The first-order chi connectivity index (χ1) is 12.0. The summed E-state index contributed by atoms with van der Waals surface area (Å²) in [5, 5.41) is 4.85. The van der Waals surface area contributed by atoms with Gasteiger partial charge in [0, 0.05) is 37.6 Å². The van der Waals surface area contributed by atoms with Gasteiger partial charge in [0.1, 0.15) is 0 Å². The molecule has 8 heteroatoms. The SMILES string of the molecule is CCc1noc([C@@H](C)N2CCN(C(=O)c3ccc(Cl)cc3Cl)CC2)n1. The van der Waals surface area contributed by atoms with Crippen molar-refractivity contribution in [1.29, 1.82) is 0 Å². The second kappa shape index (κ2) is 7.72. The molecule has 0 bridgehead atoms. The van der Waals surface area contributed by atoms with Crippen molar-refractivity contribution in [3.63, 3.8) is 0 Å². The maximum absolute atomic E-state index is 12.7. The smallest absolute Gasteiger partial charge is 0.255 e. The van der Waals surface area contributed by atoms with Gasteiger partial charge in [-0.15, -0.1) is 0 Å². The number of benzene rings is 1. The standard InChI is InChI=1S/C17H20Cl2N4O2/c1-3-15-20-16(25-21-15)11(2)22-6-8-23(9-7-22)17(24)13-5-4-12(18)10-14(13)19/h4-5,10-11H,3,6-9H2,1-2H3/t11-/m1/s1. The largest absolute Gasteiger partial charge is 0.338 e. The highest BCUT2D eigenvalue weighted by atomic mass is 35.5. The molecule has 134 valence electrons. The number of nitrogens with zero attached hydrogens (tertiary/aromatic N) is 4. The van der Waals surface area contributed by atoms with Gasteiger partial charge in [-0.2, -0.15) is 4.98 Å². The Balaban J connectivity index is 1.62. The van der Waals surface area contributed by atoms with Crippen molar-refractivity contribution in [2.45, 2.75) is 26.3 Å². The molecule has 0 radical (unpaired) electrons. The van der Waals surface area contributed by atoms with Crippen molar-refractivity contribution in [2.24, 2.45) is 0 Å². The second-order valence-corrected chi connectivity index (χ2v) is 6.87. The molecule has 1 aliphatic rings. The molecule has 1 fully saturated rings. The van der Waals surface area contributed by atoms with Crippen LogP contribution in [0.5, 0.6) is 0 Å². The molecule has 0 N–H and O–H groups in total. The number of aromatic nitrogens is 2. The summed E-state index contributed by atoms with van der Waals surface area (Å²) in [5.74, 6) is 1.27. The molecule has 2 aromatic rings. The molecule has 2 heterocycles. The Labute approximate surface area is 156 Å². The maximum Gasteiger partial charge on any atom is 0.255 e. The maximum atomic E-state index is 12.7. The molecule has 0 aliphatic carbocycles. The normalized spacial score (nSPS) is 16.9. The monoisotopic (exact) mass is 382 g/mol. The number of carbonyl (C=O) groups is 1. The van der Waals surface area contributed by atoms with E-state index in [4.69, 9.17) is 27.7 Å². The van der Waals surface area contributed by atoms with E-state index < -0.39 is 0 Å². The van der Waals surface area contributed by atoms with Crippen molar-refractivity contribution >= 4 is 29.1 Å². The molecule has 0 saturated carbocycles. The Morgan fingerprint density at radius 3 is 2.60 bits per heavy atom. The van der Waals surface area contributed by atoms with Crippen LogP contribution < -0.4 is 0 Å². The van der Waals surface area contributed by atoms with E-state index in [0.29, 0.717) is 40.4 Å². The first-order valence-corrected chi connectivity index (χ1v) is 9.06. The molecule has 0 unspecified atom stereocenters. The number of carbonyl (C=O) groups excluding carboxylic acids is 1. The van der Waals surface area contributed by atoms with Gasteiger partial charge in [-0.05, 0) is 25.1 Å². The number of aryl methyl sites for hydroxylation is 1. The molecule has 1 aliphatic heterocycles. The highest BCUT2D eigenvalue weighted by Gasteiger charge is 2.28. The van der Waals surface area contributed by atoms with Crippen molar-refractivity contribution in [3.8, 4) is 0 Å². The van der Waals surface area contributed by atoms with Crippen LogP contribution in [0.3, 0.4) is 0 Å². The zero-order chi connectivity index (χ0) is 18.0. The number of piperazine rings is 1. The highest BCUT2D eigenvalue weighted by molar-refractivity contribution is 6.36. The first kappa shape index (κ1) is 18.2. The molecule has 1 saturated heterocycles. The average Bonchev–Trinajstić information content (AvgIpc) is 3.10. The van der Waals surface area contributed by atoms with Gasteiger partial charge in [0.15, 0.2) is 5.82 Å². The summed E-state index contributed by atoms with van der Waals surface area (Å²) in [7, 11) is 0. The summed E-state index contributed by atoms with van der Waals surface area (Å²) in [5.41, 5.74) is 0.483. The van der Waals surface area contributed by atoms with Gasteiger partial charge in [-0.25, -0.2) is 0 Å². The minimum Gasteiger partial charge on any atom is -0.338 e. The van der Waals surface area contributed by atoms with Crippen molar-refractivity contribution in [3.05, 3.63) is 45.5 Å². The van der Waals surface area contributed by atoms with Crippen molar-refractivity contribution in [2.75, 3.05) is 26.2 Å². The van der Waals surface area contributed by atoms with E-state index in [1.807, 2.05) is 18.7 Å². The molecule has 1 aromatic carbocycles. The van der Waals surface area contributed by atoms with Gasteiger partial charge in [0.25, 0.3) is 5.91 Å². The summed E-state index contributed by atoms with van der Waals surface area (Å²) in [6.07, 6.45) is 0.750. The van der Waals surface area contributed by atoms with Crippen LogP contribution in [0.25, 0.3) is 0 Å². The molecular weight excluding hydrogens is 363 g/mol. The number of amides is 1. The van der Waals surface area contributed by atoms with Gasteiger partial charge in [0.05, 0.1) is 16.6 Å². The summed E-state index contributed by atoms with van der Waals surface area (Å²) >= 11 is 12.0. The lowest BCUT2D eigenvalue weighted by Gasteiger charge is -2.36. The van der Waals surface area contributed by atoms with Crippen LogP contribution in [0.1, 0.15) is 42.0 Å². The predicted molar refractivity (Wildman–Crippen MR) is 96.0 cm³/mol. The fourth-order valence-electron chi connectivity index (χ4n) is 2.88. The number of hydrogen-bond donors (Lipinski definition) is 0. The van der Waals surface area contributed by atoms with E-state index in [9.17, 15) is 4.79 Å². The van der Waals surface area contributed by atoms with Crippen molar-refractivity contribution in [1.82, 2.24) is 19.9 Å². The predicted octanol–water partition coefficient (Wildman–Crippen LogP) is 3.46. The Bertz CT molecular complexity index is 757. The Morgan fingerprint density at radius 2 is 2.00 bits per heavy atom. The van der Waals surface area contributed by atoms with Crippen LogP contribution in [0.4, 0.5) is 0 Å². The lowest BCUT2D eigenvalue weighted by atomic mass is 10.1. The first-order valence-electron chi connectivity index (χ1n) is 8.30. The number of halogens is 2. The van der Waals surface area contributed by atoms with Gasteiger partial charge < -0.3 is 9.42 Å². The third-order valence-corrected chi connectivity index (χ3v) is 5.02. The van der Waals surface area contributed by atoms with Crippen LogP contribution in [-0.4, -0.2) is 52.0 Å². The molecule has 0 spiro atoms. The number of rotatable bonds is 4. The second-order valence-electron chi connectivity index (χ2n) is 6.03. The van der Waals surface area contributed by atoms with Crippen molar-refractivity contribution < 1.29 is 9.32 Å². The van der Waals surface area contributed by atoms with Gasteiger partial charge in [-0.3, -0.25) is 9.69 Å². The van der Waals surface area contributed by atoms with Gasteiger partial charge in [-0.1, -0.05) is 35.3 Å². The minimum absolute atomic E-state index is 0.0316. The zero-order valence-corrected chi connectivity index (χ0v) is 15.7. The molecule has 25 heavy (non-hydrogen) atoms. The average molecular weight is 383 g/mol. The van der Waals surface area contributed by atoms with E-state index in [1.165, 1.54) is 0 Å². The van der Waals surface area contributed by atoms with Crippen LogP contribution in [0, 0.1) is 0 Å². The fourth-order valence-corrected chi connectivity index (χ4v) is 3.37. The van der Waals surface area contributed by atoms with Crippen LogP contribution >= 0.6 is 23.2 Å². The zero-order valence-electron chi connectivity index (χ0n) is 14.2. The fraction of sp³-hybridized carbons (Fsp3) is 0.471. The summed E-state index contributed by atoms with van der Waals surface area (Å²) < 4.78 is 5.33. The summed E-state index contributed by atoms with van der Waals surface area (Å²) in [6, 6.07) is 4.98. The molecule has 1 amide bonds. The molecular formula is C17H20Cl2N4O2. The number of hydrogen-bond acceptors (Lipinski definition) is 5.